The molecule has 0 aliphatic heterocycles. The molecular weight excluding hydrogens is 512 g/mol. The molecule has 0 atom stereocenters. The molecule has 8 nitrogen and oxygen atoms in total. The lowest BCUT2D eigenvalue weighted by Crippen LogP contribution is -2.32. The fraction of sp³-hybridized carbons (Fsp3) is 0.267. The van der Waals surface area contributed by atoms with Crippen LogP contribution in [0.1, 0.15) is 70.2 Å². The molecule has 0 saturated heterocycles. The van der Waals surface area contributed by atoms with Gasteiger partial charge < -0.3 is 15.2 Å². The van der Waals surface area contributed by atoms with Crippen LogP contribution in [0.25, 0.3) is 0 Å². The molecule has 1 aliphatic carbocycles. The second kappa shape index (κ2) is 14.1. The molecule has 1 aliphatic rings. The van der Waals surface area contributed by atoms with Crippen molar-refractivity contribution in [1.82, 2.24) is 5.32 Å². The Bertz CT molecular complexity index is 1400. The highest BCUT2D eigenvalue weighted by Gasteiger charge is 2.20. The minimum Gasteiger partial charge on any atom is -0.490 e. The Morgan fingerprint density at radius 1 is 1.13 bits per heavy atom. The number of carbonyl (C=O) groups is 2. The summed E-state index contributed by atoms with van der Waals surface area (Å²) in [5, 5.41) is 26.1. The van der Waals surface area contributed by atoms with Crippen molar-refractivity contribution in [1.29, 1.82) is 5.26 Å². The number of nitrogens with one attached hydrogen (secondary N) is 1. The largest absolute Gasteiger partial charge is 0.490 e. The van der Waals surface area contributed by atoms with Gasteiger partial charge >= 0.3 is 5.97 Å². The van der Waals surface area contributed by atoms with Gasteiger partial charge in [-0.2, -0.15) is 5.26 Å². The lowest BCUT2D eigenvalue weighted by Gasteiger charge is -2.14. The van der Waals surface area contributed by atoms with E-state index in [0.717, 1.165) is 41.7 Å². The zero-order chi connectivity index (χ0) is 28.4. The molecule has 3 aromatic rings. The van der Waals surface area contributed by atoms with Crippen LogP contribution in [-0.4, -0.2) is 35.5 Å². The molecule has 3 aromatic carbocycles. The van der Waals surface area contributed by atoms with Crippen LogP contribution in [0, 0.1) is 11.3 Å². The van der Waals surface area contributed by atoms with Gasteiger partial charge in [-0.25, -0.2) is 4.79 Å². The zero-order valence-corrected chi connectivity index (χ0v) is 23.0. The number of nitrogens with two attached hydrogens (primary N) is 1. The van der Waals surface area contributed by atoms with Crippen molar-refractivity contribution >= 4 is 29.7 Å². The lowest BCUT2D eigenvalue weighted by atomic mass is 10.0. The molecule has 39 heavy (non-hydrogen) atoms. The maximum absolute atomic E-state index is 12.9. The summed E-state index contributed by atoms with van der Waals surface area (Å²) in [7, 11) is 0. The third-order valence-electron chi connectivity index (χ3n) is 5.91. The number of aryl methyl sites for hydroxylation is 1. The molecule has 0 fully saturated rings. The van der Waals surface area contributed by atoms with E-state index in [4.69, 9.17) is 15.0 Å². The monoisotopic (exact) mass is 544 g/mol. The predicted molar refractivity (Wildman–Crippen MR) is 153 cm³/mol. The average molecular weight is 545 g/mol. The van der Waals surface area contributed by atoms with E-state index in [1.807, 2.05) is 32.9 Å². The van der Waals surface area contributed by atoms with Gasteiger partial charge in [-0.15, -0.1) is 0 Å². The fourth-order valence-electron chi connectivity index (χ4n) is 4.16. The Kier molecular flexibility index (Phi) is 10.7. The molecule has 0 aromatic heterocycles. The third kappa shape index (κ3) is 7.93. The number of fused-ring (bicyclic) bond motifs is 1. The van der Waals surface area contributed by atoms with E-state index < -0.39 is 5.97 Å². The zero-order valence-electron chi connectivity index (χ0n) is 22.2. The van der Waals surface area contributed by atoms with Crippen LogP contribution >= 0.6 is 11.9 Å². The van der Waals surface area contributed by atoms with E-state index >= 15 is 0 Å². The van der Waals surface area contributed by atoms with Crippen LogP contribution < -0.4 is 15.2 Å². The van der Waals surface area contributed by atoms with Gasteiger partial charge in [-0.1, -0.05) is 18.2 Å². The van der Waals surface area contributed by atoms with Gasteiger partial charge in [-0.05, 0) is 106 Å². The first-order valence-corrected chi connectivity index (χ1v) is 13.5. The first kappa shape index (κ1) is 29.4. The van der Waals surface area contributed by atoms with Gasteiger partial charge in [0, 0.05) is 22.6 Å². The lowest BCUT2D eigenvalue weighted by molar-refractivity contribution is 0.0696. The number of rotatable bonds is 7. The van der Waals surface area contributed by atoms with E-state index in [-0.39, 0.29) is 17.6 Å². The Morgan fingerprint density at radius 2 is 1.85 bits per heavy atom. The highest BCUT2D eigenvalue weighted by molar-refractivity contribution is 7.97. The van der Waals surface area contributed by atoms with E-state index in [0.29, 0.717) is 29.3 Å². The Hall–Kier alpha value is -4.13. The number of hydrogen-bond donors (Lipinski definition) is 3. The van der Waals surface area contributed by atoms with Gasteiger partial charge in [0.2, 0.25) is 0 Å². The number of aliphatic imine (C=N–C) groups is 1. The van der Waals surface area contributed by atoms with Gasteiger partial charge in [-0.3, -0.25) is 14.9 Å². The normalized spacial score (nSPS) is 12.2. The molecule has 0 bridgehead atoms. The van der Waals surface area contributed by atoms with Crippen molar-refractivity contribution in [2.24, 2.45) is 10.1 Å². The number of carboxylic acids is 1. The van der Waals surface area contributed by atoms with Crippen molar-refractivity contribution in [2.45, 2.75) is 51.0 Å². The van der Waals surface area contributed by atoms with Crippen molar-refractivity contribution in [3.8, 4) is 11.8 Å². The molecular formula is C30H32N4O4S. The van der Waals surface area contributed by atoms with Gasteiger partial charge in [0.05, 0.1) is 17.2 Å². The number of ether oxygens (including phenoxy) is 1. The number of hydrogen-bond acceptors (Lipinski definition) is 7. The fourth-order valence-corrected chi connectivity index (χ4v) is 4.46. The summed E-state index contributed by atoms with van der Waals surface area (Å²) in [5.41, 5.74) is 4.62. The molecule has 9 heteroatoms. The minimum absolute atomic E-state index is 0.0461. The van der Waals surface area contributed by atoms with Crippen molar-refractivity contribution in [3.63, 3.8) is 0 Å². The minimum atomic E-state index is -0.918. The topological polar surface area (TPSA) is 138 Å². The van der Waals surface area contributed by atoms with Crippen LogP contribution in [0.4, 0.5) is 0 Å². The molecule has 4 rings (SSSR count). The summed E-state index contributed by atoms with van der Waals surface area (Å²) in [6, 6.07) is 19.6. The highest BCUT2D eigenvalue weighted by atomic mass is 32.2. The number of carboxylic acid groups (broad SMARTS) is 1. The van der Waals surface area contributed by atoms with Crippen molar-refractivity contribution in [3.05, 3.63) is 94.0 Å². The summed E-state index contributed by atoms with van der Waals surface area (Å²) in [6.45, 7) is 6.31. The maximum Gasteiger partial charge on any atom is 0.335 e. The molecule has 4 N–H and O–H groups in total. The number of nitrogens with zero attached hydrogens (tertiary/aromatic N) is 2. The molecule has 0 spiro atoms. The standard InChI is InChI=1S/C23H25N3O2.C7H7NO2S/c1-4-25-22(20-10-6-8-16-7-5-9-19(16)20)26-23(27)17-11-12-21(28-15(2)3)18(13-17)14-24;8-11-6-3-1-5(2-4-6)7(9)10/h6,8,10-13,15H,4-5,7,9H2,1-3H3,(H,25,26,27);1-4H,8H2,(H,9,10). The highest BCUT2D eigenvalue weighted by Crippen LogP contribution is 2.26. The summed E-state index contributed by atoms with van der Waals surface area (Å²) < 4.78 is 5.63. The summed E-state index contributed by atoms with van der Waals surface area (Å²) in [5.74, 6) is -0.126. The molecule has 0 radical (unpaired) electrons. The number of carbonyl (C=O) groups excluding carboxylic acids is 1. The molecule has 0 unspecified atom stereocenters. The predicted octanol–water partition coefficient (Wildman–Crippen LogP) is 5.38. The van der Waals surface area contributed by atoms with E-state index in [1.54, 1.807) is 30.3 Å². The van der Waals surface area contributed by atoms with E-state index in [2.05, 4.69) is 22.4 Å². The van der Waals surface area contributed by atoms with Crippen LogP contribution in [0.2, 0.25) is 0 Å². The van der Waals surface area contributed by atoms with Crippen LogP contribution in [0.5, 0.6) is 5.75 Å². The Morgan fingerprint density at radius 3 is 2.46 bits per heavy atom. The average Bonchev–Trinajstić information content (AvgIpc) is 3.42. The van der Waals surface area contributed by atoms with Crippen LogP contribution in [0.15, 0.2) is 70.6 Å². The Balaban J connectivity index is 0.000000320. The molecule has 0 saturated carbocycles. The SMILES string of the molecule is CCN=C(NC(=O)c1ccc(OC(C)C)c(C#N)c1)c1cccc2c1CCC2.NSc1ccc(C(=O)O)cc1. The number of amides is 1. The maximum atomic E-state index is 12.9. The molecule has 0 heterocycles. The van der Waals surface area contributed by atoms with Crippen LogP contribution in [-0.2, 0) is 12.8 Å². The quantitative estimate of drug-likeness (QED) is 0.206. The van der Waals surface area contributed by atoms with Gasteiger partial charge in [0.1, 0.15) is 17.7 Å². The molecule has 1 amide bonds. The van der Waals surface area contributed by atoms with E-state index in [9.17, 15) is 14.9 Å². The van der Waals surface area contributed by atoms with Gasteiger partial charge in [0.25, 0.3) is 5.91 Å². The van der Waals surface area contributed by atoms with Crippen molar-refractivity contribution < 1.29 is 19.4 Å². The van der Waals surface area contributed by atoms with E-state index in [1.165, 1.54) is 23.3 Å². The number of nitriles is 1. The van der Waals surface area contributed by atoms with Crippen LogP contribution in [0.3, 0.4) is 0 Å². The third-order valence-corrected chi connectivity index (χ3v) is 6.46. The smallest absolute Gasteiger partial charge is 0.335 e. The van der Waals surface area contributed by atoms with Gasteiger partial charge in [0.15, 0.2) is 0 Å². The number of amidine groups is 1. The summed E-state index contributed by atoms with van der Waals surface area (Å²) >= 11 is 1.10. The second-order valence-electron chi connectivity index (χ2n) is 9.01. The molecule has 202 valence electrons. The second-order valence-corrected chi connectivity index (χ2v) is 9.72. The first-order chi connectivity index (χ1) is 18.8. The summed E-state index contributed by atoms with van der Waals surface area (Å²) in [4.78, 5) is 28.6. The Labute approximate surface area is 233 Å². The first-order valence-electron chi connectivity index (χ1n) is 12.6. The number of benzene rings is 3. The summed E-state index contributed by atoms with van der Waals surface area (Å²) in [6.07, 6.45) is 3.15. The van der Waals surface area contributed by atoms with Crippen molar-refractivity contribution in [2.75, 3.05) is 6.54 Å². The number of aromatic carboxylic acids is 1.